The van der Waals surface area contributed by atoms with Crippen LogP contribution in [-0.2, 0) is 4.79 Å². The molecule has 0 spiro atoms. The van der Waals surface area contributed by atoms with Crippen LogP contribution in [0, 0.1) is 24.0 Å². The first kappa shape index (κ1) is 34.0. The topological polar surface area (TPSA) is 138 Å². The van der Waals surface area contributed by atoms with Crippen molar-refractivity contribution in [1.82, 2.24) is 9.66 Å². The number of nitro benzene ring substituents is 1. The van der Waals surface area contributed by atoms with E-state index >= 15 is 0 Å². The Morgan fingerprint density at radius 1 is 1.08 bits per heavy atom. The number of nitrogens with one attached hydrogen (secondary N) is 1. The van der Waals surface area contributed by atoms with E-state index in [-0.39, 0.29) is 21.8 Å². The number of ether oxygens (including phenoxy) is 2. The highest BCUT2D eigenvalue weighted by atomic mass is 79.9. The molecule has 246 valence electrons. The number of carbonyl (C=O) groups is 1. The fraction of sp³-hybridized carbons (Fsp3) is 0.222. The molecule has 0 saturated carbocycles. The number of amides is 1. The lowest BCUT2D eigenvalue weighted by Crippen LogP contribution is -2.21. The summed E-state index contributed by atoms with van der Waals surface area (Å²) in [6.07, 6.45) is 1.35. The van der Waals surface area contributed by atoms with Crippen molar-refractivity contribution >= 4 is 50.3 Å². The molecule has 48 heavy (non-hydrogen) atoms. The van der Waals surface area contributed by atoms with Crippen molar-refractivity contribution in [3.05, 3.63) is 120 Å². The Balaban J connectivity index is 1.53. The molecule has 1 aromatic heterocycles. The Labute approximate surface area is 285 Å². The van der Waals surface area contributed by atoms with Gasteiger partial charge >= 0.3 is 5.69 Å². The second-order valence-corrected chi connectivity index (χ2v) is 12.3. The summed E-state index contributed by atoms with van der Waals surface area (Å²) >= 11 is 3.35. The van der Waals surface area contributed by atoms with E-state index in [1.165, 1.54) is 17.0 Å². The van der Waals surface area contributed by atoms with E-state index in [2.05, 4.69) is 40.2 Å². The van der Waals surface area contributed by atoms with E-state index in [0.29, 0.717) is 40.1 Å². The van der Waals surface area contributed by atoms with E-state index in [1.54, 1.807) is 36.4 Å². The molecule has 0 fully saturated rings. The molecule has 0 bridgehead atoms. The van der Waals surface area contributed by atoms with Gasteiger partial charge in [0.25, 0.3) is 11.5 Å². The number of halogens is 1. The van der Waals surface area contributed by atoms with E-state index in [0.717, 1.165) is 22.4 Å². The first-order valence-electron chi connectivity index (χ1n) is 15.3. The summed E-state index contributed by atoms with van der Waals surface area (Å²) in [7, 11) is 0. The van der Waals surface area contributed by atoms with Crippen molar-refractivity contribution in [1.29, 1.82) is 0 Å². The standard InChI is InChI=1S/C36H34BrN5O6/c1-6-47-32-15-23(5)28(18-27(32)21(2)3)35-40-30-10-8-7-9-26(30)36(44)41(35)38-19-24-16-29(37)34(31(17-24)42(45)46)48-20-33(43)39-25-13-11-22(4)12-14-25/h7-19,21H,6,20H2,1-5H3,(H,39,43). The maximum absolute atomic E-state index is 13.8. The minimum Gasteiger partial charge on any atom is -0.494 e. The lowest BCUT2D eigenvalue weighted by atomic mass is 9.96. The fourth-order valence-corrected chi connectivity index (χ4v) is 5.71. The number of aryl methyl sites for hydroxylation is 2. The molecular formula is C36H34BrN5O6. The number of nitrogens with zero attached hydrogens (tertiary/aromatic N) is 4. The zero-order chi connectivity index (χ0) is 34.5. The van der Waals surface area contributed by atoms with Gasteiger partial charge in [0.2, 0.25) is 5.75 Å². The van der Waals surface area contributed by atoms with E-state index in [1.807, 2.05) is 51.1 Å². The predicted octanol–water partition coefficient (Wildman–Crippen LogP) is 7.77. The molecule has 5 aromatic rings. The monoisotopic (exact) mass is 711 g/mol. The number of aromatic nitrogens is 2. The Hall–Kier alpha value is -5.36. The van der Waals surface area contributed by atoms with Crippen molar-refractivity contribution in [2.24, 2.45) is 5.10 Å². The number of hydrogen-bond acceptors (Lipinski definition) is 8. The van der Waals surface area contributed by atoms with E-state index in [9.17, 15) is 19.7 Å². The van der Waals surface area contributed by atoms with Crippen LogP contribution in [0.4, 0.5) is 11.4 Å². The maximum Gasteiger partial charge on any atom is 0.312 e. The van der Waals surface area contributed by atoms with Crippen LogP contribution in [0.3, 0.4) is 0 Å². The zero-order valence-electron chi connectivity index (χ0n) is 27.1. The van der Waals surface area contributed by atoms with Crippen molar-refractivity contribution in [2.45, 2.75) is 40.5 Å². The molecule has 12 heteroatoms. The third-order valence-corrected chi connectivity index (χ3v) is 8.11. The molecule has 1 N–H and O–H groups in total. The lowest BCUT2D eigenvalue weighted by Gasteiger charge is -2.18. The van der Waals surface area contributed by atoms with Crippen molar-refractivity contribution in [3.63, 3.8) is 0 Å². The summed E-state index contributed by atoms with van der Waals surface area (Å²) in [4.78, 5) is 42.7. The minimum absolute atomic E-state index is 0.118. The number of anilines is 1. The highest BCUT2D eigenvalue weighted by Gasteiger charge is 2.22. The third kappa shape index (κ3) is 7.44. The second kappa shape index (κ2) is 14.6. The van der Waals surface area contributed by atoms with Crippen molar-refractivity contribution < 1.29 is 19.2 Å². The molecule has 0 atom stereocenters. The molecule has 1 heterocycles. The number of carbonyl (C=O) groups excluding carboxylic acids is 1. The summed E-state index contributed by atoms with van der Waals surface area (Å²) in [5, 5.41) is 19.7. The summed E-state index contributed by atoms with van der Waals surface area (Å²) < 4.78 is 12.9. The van der Waals surface area contributed by atoms with Gasteiger partial charge in [0.05, 0.1) is 33.1 Å². The van der Waals surface area contributed by atoms with Crippen LogP contribution in [0.25, 0.3) is 22.3 Å². The first-order chi connectivity index (χ1) is 23.0. The zero-order valence-corrected chi connectivity index (χ0v) is 28.7. The Bertz CT molecular complexity index is 2110. The van der Waals surface area contributed by atoms with Crippen molar-refractivity contribution in [2.75, 3.05) is 18.5 Å². The number of rotatable bonds is 11. The fourth-order valence-electron chi connectivity index (χ4n) is 5.12. The van der Waals surface area contributed by atoms with Crippen LogP contribution in [0.15, 0.2) is 87.2 Å². The quantitative estimate of drug-likeness (QED) is 0.0839. The SMILES string of the molecule is CCOc1cc(C)c(-c2nc3ccccc3c(=O)n2N=Cc2cc(Br)c(OCC(=O)Nc3ccc(C)cc3)c([N+](=O)[O-])c2)cc1C(C)C. The molecule has 5 rings (SSSR count). The van der Waals surface area contributed by atoms with Gasteiger partial charge in [-0.1, -0.05) is 43.7 Å². The second-order valence-electron chi connectivity index (χ2n) is 11.4. The van der Waals surface area contributed by atoms with Crippen molar-refractivity contribution in [3.8, 4) is 22.9 Å². The average molecular weight is 713 g/mol. The van der Waals surface area contributed by atoms with E-state index < -0.39 is 23.0 Å². The number of benzene rings is 4. The molecule has 0 saturated heterocycles. The maximum atomic E-state index is 13.8. The molecule has 11 nitrogen and oxygen atoms in total. The number of hydrogen-bond donors (Lipinski definition) is 1. The van der Waals surface area contributed by atoms with Crippen LogP contribution >= 0.6 is 15.9 Å². The Morgan fingerprint density at radius 2 is 1.81 bits per heavy atom. The van der Waals surface area contributed by atoms with Crippen LogP contribution in [-0.4, -0.2) is 39.9 Å². The molecule has 0 aliphatic rings. The van der Waals surface area contributed by atoms with Gasteiger partial charge in [0.15, 0.2) is 12.4 Å². The van der Waals surface area contributed by atoms with Gasteiger partial charge in [0, 0.05) is 22.9 Å². The van der Waals surface area contributed by atoms with Gasteiger partial charge in [-0.3, -0.25) is 19.7 Å². The molecule has 4 aromatic carbocycles. The summed E-state index contributed by atoms with van der Waals surface area (Å²) in [5.74, 6) is 0.603. The van der Waals surface area contributed by atoms with Gasteiger partial charge in [0.1, 0.15) is 5.75 Å². The first-order valence-corrected chi connectivity index (χ1v) is 16.1. The summed E-state index contributed by atoms with van der Waals surface area (Å²) in [6.45, 7) is 9.94. The van der Waals surface area contributed by atoms with Gasteiger partial charge in [-0.15, -0.1) is 0 Å². The summed E-state index contributed by atoms with van der Waals surface area (Å²) in [5.41, 5.74) is 4.13. The Kier molecular flexibility index (Phi) is 10.3. The highest BCUT2D eigenvalue weighted by Crippen LogP contribution is 2.37. The molecular weight excluding hydrogens is 678 g/mol. The minimum atomic E-state index is -0.610. The van der Waals surface area contributed by atoms with Gasteiger partial charge in [-0.05, 0) is 96.2 Å². The number of fused-ring (bicyclic) bond motifs is 1. The largest absolute Gasteiger partial charge is 0.494 e. The Morgan fingerprint density at radius 3 is 2.50 bits per heavy atom. The third-order valence-electron chi connectivity index (χ3n) is 7.52. The van der Waals surface area contributed by atoms with Gasteiger partial charge in [-0.25, -0.2) is 4.98 Å². The molecule has 0 unspecified atom stereocenters. The molecule has 0 radical (unpaired) electrons. The number of nitro groups is 1. The number of para-hydroxylation sites is 1. The van der Waals surface area contributed by atoms with E-state index in [4.69, 9.17) is 14.5 Å². The van der Waals surface area contributed by atoms with Crippen LogP contribution in [0.1, 0.15) is 48.9 Å². The predicted molar refractivity (Wildman–Crippen MR) is 191 cm³/mol. The highest BCUT2D eigenvalue weighted by molar-refractivity contribution is 9.10. The lowest BCUT2D eigenvalue weighted by molar-refractivity contribution is -0.385. The molecule has 0 aliphatic heterocycles. The summed E-state index contributed by atoms with van der Waals surface area (Å²) in [6, 6.07) is 20.9. The van der Waals surface area contributed by atoms with Crippen LogP contribution < -0.4 is 20.3 Å². The average Bonchev–Trinajstić information content (AvgIpc) is 3.04. The smallest absolute Gasteiger partial charge is 0.312 e. The molecule has 0 aliphatic carbocycles. The van der Waals surface area contributed by atoms with Crippen LogP contribution in [0.5, 0.6) is 11.5 Å². The normalized spacial score (nSPS) is 11.3. The van der Waals surface area contributed by atoms with Crippen LogP contribution in [0.2, 0.25) is 0 Å². The van der Waals surface area contributed by atoms with Gasteiger partial charge < -0.3 is 14.8 Å². The molecule has 1 amide bonds. The van der Waals surface area contributed by atoms with Gasteiger partial charge in [-0.2, -0.15) is 9.78 Å².